The monoisotopic (exact) mass is 361 g/mol. The average molecular weight is 361 g/mol. The summed E-state index contributed by atoms with van der Waals surface area (Å²) in [6.45, 7) is 2.37. The first-order chi connectivity index (χ1) is 12.6. The first-order valence-corrected chi connectivity index (χ1v) is 9.60. The molecular formula is C20H31N3O3. The molecule has 2 rings (SSSR count). The van der Waals surface area contributed by atoms with Crippen LogP contribution in [0.25, 0.3) is 0 Å². The van der Waals surface area contributed by atoms with Crippen LogP contribution in [0, 0.1) is 0 Å². The third-order valence-electron chi connectivity index (χ3n) is 4.84. The lowest BCUT2D eigenvalue weighted by Crippen LogP contribution is -2.44. The molecule has 0 aliphatic heterocycles. The Labute approximate surface area is 156 Å². The van der Waals surface area contributed by atoms with Gasteiger partial charge in [-0.1, -0.05) is 38.3 Å². The normalized spacial score (nSPS) is 15.8. The number of ether oxygens (including phenoxy) is 1. The molecule has 1 aliphatic carbocycles. The van der Waals surface area contributed by atoms with E-state index in [1.165, 1.54) is 19.3 Å². The second-order valence-corrected chi connectivity index (χ2v) is 6.79. The van der Waals surface area contributed by atoms with Gasteiger partial charge in [-0.2, -0.15) is 0 Å². The Morgan fingerprint density at radius 1 is 1.15 bits per heavy atom. The van der Waals surface area contributed by atoms with Gasteiger partial charge in [0, 0.05) is 19.0 Å². The summed E-state index contributed by atoms with van der Waals surface area (Å²) < 4.78 is 5.16. The summed E-state index contributed by atoms with van der Waals surface area (Å²) in [5.74, 6) is 0.730. The fourth-order valence-corrected chi connectivity index (χ4v) is 3.30. The molecular weight excluding hydrogens is 330 g/mol. The van der Waals surface area contributed by atoms with Crippen LogP contribution in [-0.4, -0.2) is 31.6 Å². The standard InChI is InChI=1S/C20H31N3O3/c1-3-18(15-9-11-17(26-2)12-10-15)23-19(24)13-14-21-20(25)22-16-7-5-4-6-8-16/h9-12,16,18H,3-8,13-14H2,1-2H3,(H,23,24)(H2,21,22,25). The van der Waals surface area contributed by atoms with E-state index in [0.29, 0.717) is 6.54 Å². The molecule has 26 heavy (non-hydrogen) atoms. The minimum Gasteiger partial charge on any atom is -0.497 e. The van der Waals surface area contributed by atoms with Crippen LogP contribution in [0.2, 0.25) is 0 Å². The molecule has 0 saturated heterocycles. The van der Waals surface area contributed by atoms with E-state index < -0.39 is 0 Å². The highest BCUT2D eigenvalue weighted by atomic mass is 16.5. The third-order valence-corrected chi connectivity index (χ3v) is 4.84. The maximum atomic E-state index is 12.2. The molecule has 6 heteroatoms. The Balaban J connectivity index is 1.69. The number of urea groups is 1. The number of rotatable bonds is 8. The van der Waals surface area contributed by atoms with Crippen molar-refractivity contribution < 1.29 is 14.3 Å². The molecule has 0 spiro atoms. The first kappa shape index (κ1) is 20.1. The predicted molar refractivity (Wildman–Crippen MR) is 102 cm³/mol. The van der Waals surface area contributed by atoms with Gasteiger partial charge in [-0.3, -0.25) is 4.79 Å². The minimum absolute atomic E-state index is 0.0375. The number of hydrogen-bond acceptors (Lipinski definition) is 3. The van der Waals surface area contributed by atoms with E-state index in [4.69, 9.17) is 4.74 Å². The van der Waals surface area contributed by atoms with E-state index in [1.54, 1.807) is 7.11 Å². The molecule has 1 atom stereocenters. The van der Waals surface area contributed by atoms with Crippen molar-refractivity contribution >= 4 is 11.9 Å². The summed E-state index contributed by atoms with van der Waals surface area (Å²) >= 11 is 0. The maximum absolute atomic E-state index is 12.2. The summed E-state index contributed by atoms with van der Waals surface area (Å²) in [6, 6.07) is 7.77. The van der Waals surface area contributed by atoms with Crippen LogP contribution in [0.3, 0.4) is 0 Å². The topological polar surface area (TPSA) is 79.5 Å². The smallest absolute Gasteiger partial charge is 0.315 e. The largest absolute Gasteiger partial charge is 0.497 e. The van der Waals surface area contributed by atoms with Crippen molar-refractivity contribution in [3.8, 4) is 5.75 Å². The van der Waals surface area contributed by atoms with Crippen LogP contribution >= 0.6 is 0 Å². The van der Waals surface area contributed by atoms with E-state index in [2.05, 4.69) is 16.0 Å². The summed E-state index contributed by atoms with van der Waals surface area (Å²) in [5, 5.41) is 8.79. The predicted octanol–water partition coefficient (Wildman–Crippen LogP) is 3.28. The lowest BCUT2D eigenvalue weighted by molar-refractivity contribution is -0.121. The van der Waals surface area contributed by atoms with E-state index in [0.717, 1.165) is 30.6 Å². The van der Waals surface area contributed by atoms with E-state index in [-0.39, 0.29) is 30.4 Å². The Bertz CT molecular complexity index is 568. The molecule has 0 aromatic heterocycles. The highest BCUT2D eigenvalue weighted by Crippen LogP contribution is 2.20. The summed E-state index contributed by atoms with van der Waals surface area (Å²) in [5.41, 5.74) is 1.05. The van der Waals surface area contributed by atoms with Gasteiger partial charge in [0.05, 0.1) is 13.2 Å². The molecule has 1 aromatic rings. The van der Waals surface area contributed by atoms with Crippen LogP contribution in [-0.2, 0) is 4.79 Å². The van der Waals surface area contributed by atoms with Gasteiger partial charge in [0.2, 0.25) is 5.91 Å². The van der Waals surface area contributed by atoms with Gasteiger partial charge in [0.25, 0.3) is 0 Å². The Kier molecular flexibility index (Phi) is 8.25. The van der Waals surface area contributed by atoms with Crippen LogP contribution in [0.4, 0.5) is 4.79 Å². The fraction of sp³-hybridized carbons (Fsp3) is 0.600. The maximum Gasteiger partial charge on any atom is 0.315 e. The van der Waals surface area contributed by atoms with Gasteiger partial charge in [-0.25, -0.2) is 4.79 Å². The molecule has 1 saturated carbocycles. The number of benzene rings is 1. The van der Waals surface area contributed by atoms with Crippen molar-refractivity contribution in [1.82, 2.24) is 16.0 Å². The zero-order valence-electron chi connectivity index (χ0n) is 15.8. The Morgan fingerprint density at radius 3 is 2.46 bits per heavy atom. The van der Waals surface area contributed by atoms with Gasteiger partial charge < -0.3 is 20.7 Å². The number of nitrogens with one attached hydrogen (secondary N) is 3. The second kappa shape index (κ2) is 10.7. The first-order valence-electron chi connectivity index (χ1n) is 9.60. The zero-order chi connectivity index (χ0) is 18.8. The molecule has 0 bridgehead atoms. The van der Waals surface area contributed by atoms with Crippen LogP contribution < -0.4 is 20.7 Å². The number of carbonyl (C=O) groups is 2. The molecule has 6 nitrogen and oxygen atoms in total. The molecule has 1 fully saturated rings. The van der Waals surface area contributed by atoms with Crippen LogP contribution in [0.5, 0.6) is 5.75 Å². The van der Waals surface area contributed by atoms with Crippen molar-refractivity contribution in [1.29, 1.82) is 0 Å². The van der Waals surface area contributed by atoms with Crippen molar-refractivity contribution in [2.45, 2.75) is 64.0 Å². The summed E-state index contributed by atoms with van der Waals surface area (Å²) in [6.07, 6.45) is 6.78. The highest BCUT2D eigenvalue weighted by Gasteiger charge is 2.16. The molecule has 3 amide bonds. The number of methoxy groups -OCH3 is 1. The SMILES string of the molecule is CCC(NC(=O)CCNC(=O)NC1CCCCC1)c1ccc(OC)cc1. The molecule has 3 N–H and O–H groups in total. The van der Waals surface area contributed by atoms with Gasteiger partial charge in [-0.05, 0) is 37.0 Å². The van der Waals surface area contributed by atoms with Crippen molar-refractivity contribution in [2.75, 3.05) is 13.7 Å². The van der Waals surface area contributed by atoms with E-state index >= 15 is 0 Å². The zero-order valence-corrected chi connectivity index (χ0v) is 15.8. The molecule has 1 unspecified atom stereocenters. The molecule has 1 aliphatic rings. The average Bonchev–Trinajstić information content (AvgIpc) is 2.67. The molecule has 0 heterocycles. The Hall–Kier alpha value is -2.24. The van der Waals surface area contributed by atoms with Crippen LogP contribution in [0.1, 0.15) is 63.5 Å². The van der Waals surface area contributed by atoms with Crippen molar-refractivity contribution in [2.24, 2.45) is 0 Å². The number of amides is 3. The lowest BCUT2D eigenvalue weighted by Gasteiger charge is -2.23. The summed E-state index contributed by atoms with van der Waals surface area (Å²) in [4.78, 5) is 24.1. The number of carbonyl (C=O) groups excluding carboxylic acids is 2. The van der Waals surface area contributed by atoms with E-state index in [1.807, 2.05) is 31.2 Å². The van der Waals surface area contributed by atoms with E-state index in [9.17, 15) is 9.59 Å². The molecule has 1 aromatic carbocycles. The van der Waals surface area contributed by atoms with Gasteiger partial charge in [-0.15, -0.1) is 0 Å². The van der Waals surface area contributed by atoms with Crippen LogP contribution in [0.15, 0.2) is 24.3 Å². The minimum atomic E-state index is -0.174. The van der Waals surface area contributed by atoms with Crippen molar-refractivity contribution in [3.63, 3.8) is 0 Å². The molecule has 0 radical (unpaired) electrons. The van der Waals surface area contributed by atoms with Gasteiger partial charge in [0.1, 0.15) is 5.75 Å². The summed E-state index contributed by atoms with van der Waals surface area (Å²) in [7, 11) is 1.63. The molecule has 144 valence electrons. The Morgan fingerprint density at radius 2 is 1.85 bits per heavy atom. The van der Waals surface area contributed by atoms with Gasteiger partial charge >= 0.3 is 6.03 Å². The quantitative estimate of drug-likeness (QED) is 0.665. The number of hydrogen-bond donors (Lipinski definition) is 3. The second-order valence-electron chi connectivity index (χ2n) is 6.79. The third kappa shape index (κ3) is 6.58. The van der Waals surface area contributed by atoms with Gasteiger partial charge in [0.15, 0.2) is 0 Å². The van der Waals surface area contributed by atoms with Crippen molar-refractivity contribution in [3.05, 3.63) is 29.8 Å². The highest BCUT2D eigenvalue weighted by molar-refractivity contribution is 5.78. The fourth-order valence-electron chi connectivity index (χ4n) is 3.30. The lowest BCUT2D eigenvalue weighted by atomic mass is 9.96.